The van der Waals surface area contributed by atoms with Gasteiger partial charge in [-0.2, -0.15) is 0 Å². The molecule has 2 aromatic rings. The first kappa shape index (κ1) is 18.8. The van der Waals surface area contributed by atoms with Crippen LogP contribution < -0.4 is 20.5 Å². The lowest BCUT2D eigenvalue weighted by atomic mass is 10.2. The van der Waals surface area contributed by atoms with Crippen molar-refractivity contribution < 1.29 is 23.8 Å². The Morgan fingerprint density at radius 2 is 2.15 bits per heavy atom. The summed E-state index contributed by atoms with van der Waals surface area (Å²) in [6.07, 6.45) is 1.30. The molecule has 0 spiro atoms. The Labute approximate surface area is 159 Å². The number of aromatic nitrogens is 2. The molecular weight excluding hydrogens is 372 g/mol. The number of ether oxygens (including phenoxy) is 3. The summed E-state index contributed by atoms with van der Waals surface area (Å²) >= 11 is 1.12. The number of nitrogens with zero attached hydrogens (tertiary/aromatic N) is 2. The number of nitrogens with two attached hydrogens (primary N) is 1. The van der Waals surface area contributed by atoms with Crippen LogP contribution in [0.15, 0.2) is 29.6 Å². The number of anilines is 2. The highest BCUT2D eigenvalue weighted by molar-refractivity contribution is 8.00. The summed E-state index contributed by atoms with van der Waals surface area (Å²) in [5.41, 5.74) is 6.48. The fourth-order valence-corrected chi connectivity index (χ4v) is 2.98. The molecule has 0 radical (unpaired) electrons. The molecule has 2 heterocycles. The summed E-state index contributed by atoms with van der Waals surface area (Å²) in [7, 11) is 0. The molecule has 3 N–H and O–H groups in total. The molecule has 1 aromatic carbocycles. The Hall–Kier alpha value is -3.01. The van der Waals surface area contributed by atoms with Crippen molar-refractivity contribution in [1.29, 1.82) is 0 Å². The molecule has 142 valence electrons. The van der Waals surface area contributed by atoms with Crippen LogP contribution in [-0.4, -0.2) is 40.5 Å². The molecule has 0 saturated heterocycles. The Morgan fingerprint density at radius 3 is 2.89 bits per heavy atom. The Balaban J connectivity index is 1.62. The summed E-state index contributed by atoms with van der Waals surface area (Å²) in [6.45, 7) is 3.80. The second kappa shape index (κ2) is 8.12. The first-order chi connectivity index (χ1) is 13.0. The molecule has 27 heavy (non-hydrogen) atoms. The van der Waals surface area contributed by atoms with Crippen molar-refractivity contribution in [3.8, 4) is 11.5 Å². The van der Waals surface area contributed by atoms with E-state index in [-0.39, 0.29) is 35.8 Å². The van der Waals surface area contributed by atoms with Gasteiger partial charge in [-0.3, -0.25) is 4.79 Å². The maximum atomic E-state index is 12.4. The van der Waals surface area contributed by atoms with Crippen LogP contribution in [0.4, 0.5) is 11.5 Å². The minimum absolute atomic E-state index is 0.00864. The summed E-state index contributed by atoms with van der Waals surface area (Å²) in [6, 6.07) is 5.15. The van der Waals surface area contributed by atoms with Crippen LogP contribution in [0.1, 0.15) is 24.2 Å². The van der Waals surface area contributed by atoms with Crippen molar-refractivity contribution in [3.63, 3.8) is 0 Å². The lowest BCUT2D eigenvalue weighted by molar-refractivity contribution is -0.115. The predicted octanol–water partition coefficient (Wildman–Crippen LogP) is 2.08. The third kappa shape index (κ3) is 4.40. The van der Waals surface area contributed by atoms with Gasteiger partial charge in [0, 0.05) is 18.0 Å². The number of carbonyl (C=O) groups is 2. The number of nitrogen functional groups attached to an aromatic ring is 1. The van der Waals surface area contributed by atoms with E-state index >= 15 is 0 Å². The second-order valence-electron chi connectivity index (χ2n) is 5.49. The Bertz CT molecular complexity index is 876. The normalized spacial score (nSPS) is 13.1. The topological polar surface area (TPSA) is 126 Å². The SMILES string of the molecule is CCOC(=O)c1cnc(S[C@@H](C)C(=O)Nc2ccc3c(c2)OCO3)nc1N. The molecule has 9 nitrogen and oxygen atoms in total. The fourth-order valence-electron chi connectivity index (χ4n) is 2.23. The average molecular weight is 390 g/mol. The molecule has 1 aromatic heterocycles. The molecule has 10 heteroatoms. The Morgan fingerprint density at radius 1 is 1.37 bits per heavy atom. The molecule has 1 atom stereocenters. The van der Waals surface area contributed by atoms with Gasteiger partial charge in [-0.15, -0.1) is 0 Å². The van der Waals surface area contributed by atoms with Crippen LogP contribution in [0.5, 0.6) is 11.5 Å². The van der Waals surface area contributed by atoms with E-state index in [9.17, 15) is 9.59 Å². The van der Waals surface area contributed by atoms with Crippen molar-refractivity contribution in [2.24, 2.45) is 0 Å². The van der Waals surface area contributed by atoms with E-state index in [1.54, 1.807) is 32.0 Å². The smallest absolute Gasteiger partial charge is 0.343 e. The van der Waals surface area contributed by atoms with E-state index in [4.69, 9.17) is 19.9 Å². The molecule has 3 rings (SSSR count). The number of carbonyl (C=O) groups excluding carboxylic acids is 2. The highest BCUT2D eigenvalue weighted by Crippen LogP contribution is 2.34. The molecule has 0 saturated carbocycles. The quantitative estimate of drug-likeness (QED) is 0.433. The average Bonchev–Trinajstić information content (AvgIpc) is 3.09. The van der Waals surface area contributed by atoms with Crippen molar-refractivity contribution in [3.05, 3.63) is 30.0 Å². The van der Waals surface area contributed by atoms with E-state index in [1.807, 2.05) is 0 Å². The first-order valence-electron chi connectivity index (χ1n) is 8.14. The van der Waals surface area contributed by atoms with Gasteiger partial charge >= 0.3 is 5.97 Å². The van der Waals surface area contributed by atoms with Gasteiger partial charge in [-0.05, 0) is 26.0 Å². The Kier molecular flexibility index (Phi) is 5.65. The van der Waals surface area contributed by atoms with Crippen molar-refractivity contribution >= 4 is 35.1 Å². The first-order valence-corrected chi connectivity index (χ1v) is 9.02. The van der Waals surface area contributed by atoms with Crippen LogP contribution in [0.2, 0.25) is 0 Å². The maximum Gasteiger partial charge on any atom is 0.343 e. The lowest BCUT2D eigenvalue weighted by Gasteiger charge is -2.12. The number of rotatable bonds is 6. The van der Waals surface area contributed by atoms with E-state index in [1.165, 1.54) is 6.20 Å². The number of hydrogen-bond acceptors (Lipinski definition) is 9. The molecule has 0 unspecified atom stereocenters. The highest BCUT2D eigenvalue weighted by atomic mass is 32.2. The van der Waals surface area contributed by atoms with Crippen LogP contribution in [0.3, 0.4) is 0 Å². The van der Waals surface area contributed by atoms with Crippen LogP contribution in [0.25, 0.3) is 0 Å². The molecular formula is C17H18N4O5S. The van der Waals surface area contributed by atoms with Crippen LogP contribution in [0, 0.1) is 0 Å². The number of nitrogens with one attached hydrogen (secondary N) is 1. The summed E-state index contributed by atoms with van der Waals surface area (Å²) in [4.78, 5) is 32.3. The third-order valence-corrected chi connectivity index (χ3v) is 4.56. The number of benzene rings is 1. The van der Waals surface area contributed by atoms with Gasteiger partial charge in [0.1, 0.15) is 11.4 Å². The van der Waals surface area contributed by atoms with E-state index in [0.717, 1.165) is 11.8 Å². The van der Waals surface area contributed by atoms with Gasteiger partial charge in [0.05, 0.1) is 11.9 Å². The second-order valence-corrected chi connectivity index (χ2v) is 6.80. The van der Waals surface area contributed by atoms with Crippen LogP contribution in [-0.2, 0) is 9.53 Å². The number of hydrogen-bond donors (Lipinski definition) is 2. The van der Waals surface area contributed by atoms with E-state index in [0.29, 0.717) is 17.2 Å². The maximum absolute atomic E-state index is 12.4. The molecule has 0 fully saturated rings. The third-order valence-electron chi connectivity index (χ3n) is 3.58. The van der Waals surface area contributed by atoms with Gasteiger partial charge in [-0.25, -0.2) is 14.8 Å². The van der Waals surface area contributed by atoms with Crippen molar-refractivity contribution in [2.75, 3.05) is 24.5 Å². The molecule has 0 aliphatic carbocycles. The number of amides is 1. The van der Waals surface area contributed by atoms with Gasteiger partial charge in [0.15, 0.2) is 16.7 Å². The number of thioether (sulfide) groups is 1. The van der Waals surface area contributed by atoms with E-state index in [2.05, 4.69) is 15.3 Å². The predicted molar refractivity (Wildman–Crippen MR) is 98.9 cm³/mol. The summed E-state index contributed by atoms with van der Waals surface area (Å²) in [5, 5.41) is 2.59. The lowest BCUT2D eigenvalue weighted by Crippen LogP contribution is -2.22. The van der Waals surface area contributed by atoms with Gasteiger partial charge in [0.2, 0.25) is 12.7 Å². The van der Waals surface area contributed by atoms with Crippen molar-refractivity contribution in [2.45, 2.75) is 24.3 Å². The summed E-state index contributed by atoms with van der Waals surface area (Å²) < 4.78 is 15.4. The largest absolute Gasteiger partial charge is 0.462 e. The minimum atomic E-state index is -0.583. The molecule has 1 aliphatic rings. The number of esters is 1. The summed E-state index contributed by atoms with van der Waals surface area (Å²) in [5.74, 6) is 0.407. The van der Waals surface area contributed by atoms with E-state index < -0.39 is 11.2 Å². The highest BCUT2D eigenvalue weighted by Gasteiger charge is 2.20. The molecule has 0 bridgehead atoms. The fraction of sp³-hybridized carbons (Fsp3) is 0.294. The zero-order valence-electron chi connectivity index (χ0n) is 14.7. The van der Waals surface area contributed by atoms with Crippen LogP contribution >= 0.6 is 11.8 Å². The minimum Gasteiger partial charge on any atom is -0.462 e. The van der Waals surface area contributed by atoms with Gasteiger partial charge in [-0.1, -0.05) is 11.8 Å². The van der Waals surface area contributed by atoms with Crippen molar-refractivity contribution in [1.82, 2.24) is 9.97 Å². The number of fused-ring (bicyclic) bond motifs is 1. The zero-order chi connectivity index (χ0) is 19.4. The monoisotopic (exact) mass is 390 g/mol. The van der Waals surface area contributed by atoms with Gasteiger partial charge < -0.3 is 25.3 Å². The molecule has 1 amide bonds. The standard InChI is InChI=1S/C17H18N4O5S/c1-3-24-16(23)11-7-19-17(21-14(11)18)27-9(2)15(22)20-10-4-5-12-13(6-10)26-8-25-12/h4-7,9H,3,8H2,1-2H3,(H,20,22)(H2,18,19,21)/t9-/m0/s1. The zero-order valence-corrected chi connectivity index (χ0v) is 15.5. The van der Waals surface area contributed by atoms with Gasteiger partial charge in [0.25, 0.3) is 0 Å². The molecule has 1 aliphatic heterocycles.